The molecule has 2 heterocycles. The predicted octanol–water partition coefficient (Wildman–Crippen LogP) is 3.36. The average molecular weight is 411 g/mol. The van der Waals surface area contributed by atoms with Crippen molar-refractivity contribution in [3.05, 3.63) is 52.9 Å². The minimum Gasteiger partial charge on any atom is -0.508 e. The number of benzene rings is 2. The van der Waals surface area contributed by atoms with Crippen LogP contribution < -0.4 is 10.2 Å². The molecule has 0 radical (unpaired) electrons. The molecule has 158 valence electrons. The summed E-state index contributed by atoms with van der Waals surface area (Å²) in [6.07, 6.45) is 3.27. The van der Waals surface area contributed by atoms with Crippen molar-refractivity contribution in [3.8, 4) is 28.4 Å². The number of aromatic hydroxyl groups is 2. The zero-order valence-corrected chi connectivity index (χ0v) is 16.7. The quantitative estimate of drug-likeness (QED) is 0.576. The molecule has 1 aliphatic heterocycles. The minimum atomic E-state index is -0.337. The lowest BCUT2D eigenvalue weighted by Crippen LogP contribution is -2.36. The monoisotopic (exact) mass is 411 g/mol. The average Bonchev–Trinajstić information content (AvgIpc) is 2.75. The molecule has 7 heteroatoms. The van der Waals surface area contributed by atoms with Crippen molar-refractivity contribution in [1.82, 2.24) is 4.90 Å². The molecular formula is C23H25NO6. The lowest BCUT2D eigenvalue weighted by atomic mass is 10.0. The van der Waals surface area contributed by atoms with E-state index in [4.69, 9.17) is 13.9 Å². The summed E-state index contributed by atoms with van der Waals surface area (Å²) in [7, 11) is 0. The van der Waals surface area contributed by atoms with Gasteiger partial charge in [-0.3, -0.25) is 9.69 Å². The van der Waals surface area contributed by atoms with E-state index in [0.717, 1.165) is 45.7 Å². The number of fused-ring (bicyclic) bond motifs is 1. The number of nitrogens with zero attached hydrogens (tertiary/aromatic N) is 1. The summed E-state index contributed by atoms with van der Waals surface area (Å²) in [5, 5.41) is 20.0. The van der Waals surface area contributed by atoms with Crippen LogP contribution in [0.1, 0.15) is 12.8 Å². The van der Waals surface area contributed by atoms with Crippen LogP contribution in [0.15, 0.2) is 51.9 Å². The molecule has 0 amide bonds. The predicted molar refractivity (Wildman–Crippen MR) is 113 cm³/mol. The number of unbranched alkanes of at least 4 members (excludes halogenated alkanes) is 1. The second kappa shape index (κ2) is 9.19. The Morgan fingerprint density at radius 2 is 1.80 bits per heavy atom. The summed E-state index contributed by atoms with van der Waals surface area (Å²) in [6, 6.07) is 9.31. The van der Waals surface area contributed by atoms with Crippen LogP contribution in [0.3, 0.4) is 0 Å². The largest absolute Gasteiger partial charge is 0.508 e. The summed E-state index contributed by atoms with van der Waals surface area (Å²) in [5.41, 5.74) is 0.848. The highest BCUT2D eigenvalue weighted by atomic mass is 16.5. The Morgan fingerprint density at radius 3 is 2.57 bits per heavy atom. The smallest absolute Gasteiger partial charge is 0.204 e. The van der Waals surface area contributed by atoms with E-state index in [-0.39, 0.29) is 27.9 Å². The van der Waals surface area contributed by atoms with E-state index >= 15 is 0 Å². The first kappa shape index (κ1) is 20.3. The zero-order chi connectivity index (χ0) is 20.9. The first-order valence-electron chi connectivity index (χ1n) is 10.1. The molecule has 0 spiro atoms. The topological polar surface area (TPSA) is 92.4 Å². The Bertz CT molecular complexity index is 1050. The maximum Gasteiger partial charge on any atom is 0.204 e. The van der Waals surface area contributed by atoms with E-state index in [9.17, 15) is 15.0 Å². The number of ether oxygens (including phenoxy) is 2. The van der Waals surface area contributed by atoms with E-state index in [1.54, 1.807) is 18.2 Å². The number of phenols is 2. The van der Waals surface area contributed by atoms with Crippen LogP contribution in [-0.4, -0.2) is 54.6 Å². The van der Waals surface area contributed by atoms with E-state index in [1.165, 1.54) is 24.5 Å². The highest BCUT2D eigenvalue weighted by Gasteiger charge is 2.15. The summed E-state index contributed by atoms with van der Waals surface area (Å²) in [4.78, 5) is 15.2. The molecule has 2 aromatic carbocycles. The Morgan fingerprint density at radius 1 is 1.03 bits per heavy atom. The molecule has 1 fully saturated rings. The summed E-state index contributed by atoms with van der Waals surface area (Å²) in [5.74, 6) is 0.399. The lowest BCUT2D eigenvalue weighted by molar-refractivity contribution is 0.0368. The third-order valence-corrected chi connectivity index (χ3v) is 5.25. The van der Waals surface area contributed by atoms with Gasteiger partial charge >= 0.3 is 0 Å². The van der Waals surface area contributed by atoms with Crippen LogP contribution in [0.4, 0.5) is 0 Å². The van der Waals surface area contributed by atoms with Crippen LogP contribution in [-0.2, 0) is 4.74 Å². The fourth-order valence-electron chi connectivity index (χ4n) is 3.58. The van der Waals surface area contributed by atoms with Gasteiger partial charge in [0, 0.05) is 25.2 Å². The first-order chi connectivity index (χ1) is 14.6. The second-order valence-corrected chi connectivity index (χ2v) is 7.35. The molecule has 0 bridgehead atoms. The Hall–Kier alpha value is -3.03. The molecule has 0 saturated carbocycles. The molecular weight excluding hydrogens is 386 g/mol. The van der Waals surface area contributed by atoms with Crippen LogP contribution in [0, 0.1) is 0 Å². The van der Waals surface area contributed by atoms with Crippen molar-refractivity contribution >= 4 is 11.0 Å². The van der Waals surface area contributed by atoms with Crippen LogP contribution in [0.25, 0.3) is 22.1 Å². The molecule has 3 aromatic rings. The van der Waals surface area contributed by atoms with Crippen molar-refractivity contribution in [2.45, 2.75) is 12.8 Å². The Labute approximate surface area is 174 Å². The number of phenolic OH excluding ortho intramolecular Hbond substituents is 2. The molecule has 0 atom stereocenters. The molecule has 4 rings (SSSR count). The van der Waals surface area contributed by atoms with Gasteiger partial charge in [0.2, 0.25) is 5.43 Å². The molecule has 30 heavy (non-hydrogen) atoms. The van der Waals surface area contributed by atoms with Gasteiger partial charge in [0.05, 0.1) is 25.4 Å². The van der Waals surface area contributed by atoms with Gasteiger partial charge in [-0.25, -0.2) is 0 Å². The van der Waals surface area contributed by atoms with E-state index in [0.29, 0.717) is 23.5 Å². The van der Waals surface area contributed by atoms with Gasteiger partial charge in [-0.05, 0) is 37.1 Å². The second-order valence-electron chi connectivity index (χ2n) is 7.35. The highest BCUT2D eigenvalue weighted by molar-refractivity contribution is 5.88. The van der Waals surface area contributed by atoms with Crippen molar-refractivity contribution in [2.24, 2.45) is 0 Å². The van der Waals surface area contributed by atoms with Crippen LogP contribution in [0.2, 0.25) is 0 Å². The van der Waals surface area contributed by atoms with Crippen molar-refractivity contribution in [1.29, 1.82) is 0 Å². The molecule has 1 saturated heterocycles. The van der Waals surface area contributed by atoms with E-state index in [1.807, 2.05) is 0 Å². The van der Waals surface area contributed by atoms with Crippen LogP contribution >= 0.6 is 0 Å². The molecule has 0 unspecified atom stereocenters. The van der Waals surface area contributed by atoms with Gasteiger partial charge in [0.15, 0.2) is 0 Å². The van der Waals surface area contributed by atoms with Gasteiger partial charge in [-0.2, -0.15) is 0 Å². The Balaban J connectivity index is 1.42. The standard InChI is InChI=1S/C23H25NO6/c25-17-5-3-16(4-6-17)19-15-30-21-14-18(13-20(26)22(21)23(19)27)29-10-2-1-7-24-8-11-28-12-9-24/h3-6,13-15,25-26H,1-2,7-12H2. The van der Waals surface area contributed by atoms with E-state index < -0.39 is 0 Å². The van der Waals surface area contributed by atoms with Gasteiger partial charge in [-0.1, -0.05) is 12.1 Å². The maximum atomic E-state index is 12.9. The first-order valence-corrected chi connectivity index (χ1v) is 10.1. The zero-order valence-electron chi connectivity index (χ0n) is 16.7. The number of rotatable bonds is 7. The fourth-order valence-corrected chi connectivity index (χ4v) is 3.58. The van der Waals surface area contributed by atoms with Crippen molar-refractivity contribution in [3.63, 3.8) is 0 Å². The normalized spacial score (nSPS) is 14.8. The fraction of sp³-hybridized carbons (Fsp3) is 0.348. The molecule has 7 nitrogen and oxygen atoms in total. The molecule has 0 aliphatic carbocycles. The maximum absolute atomic E-state index is 12.9. The third kappa shape index (κ3) is 4.58. The molecule has 1 aromatic heterocycles. The summed E-state index contributed by atoms with van der Waals surface area (Å²) in [6.45, 7) is 5.09. The SMILES string of the molecule is O=c1c(-c2ccc(O)cc2)coc2cc(OCCCCN3CCOCC3)cc(O)c12. The van der Waals surface area contributed by atoms with Crippen LogP contribution in [0.5, 0.6) is 17.2 Å². The highest BCUT2D eigenvalue weighted by Crippen LogP contribution is 2.30. The summed E-state index contributed by atoms with van der Waals surface area (Å²) < 4.78 is 16.7. The van der Waals surface area contributed by atoms with Crippen molar-refractivity contribution in [2.75, 3.05) is 39.5 Å². The van der Waals surface area contributed by atoms with Gasteiger partial charge in [-0.15, -0.1) is 0 Å². The third-order valence-electron chi connectivity index (χ3n) is 5.25. The van der Waals surface area contributed by atoms with E-state index in [2.05, 4.69) is 4.90 Å². The van der Waals surface area contributed by atoms with Gasteiger partial charge in [0.1, 0.15) is 34.5 Å². The number of hydrogen-bond acceptors (Lipinski definition) is 7. The molecule has 1 aliphatic rings. The summed E-state index contributed by atoms with van der Waals surface area (Å²) >= 11 is 0. The van der Waals surface area contributed by atoms with Gasteiger partial charge < -0.3 is 24.1 Å². The minimum absolute atomic E-state index is 0.110. The molecule has 2 N–H and O–H groups in total. The lowest BCUT2D eigenvalue weighted by Gasteiger charge is -2.26. The van der Waals surface area contributed by atoms with Crippen molar-refractivity contribution < 1.29 is 24.1 Å². The number of hydrogen-bond donors (Lipinski definition) is 2. The Kier molecular flexibility index (Phi) is 6.21. The van der Waals surface area contributed by atoms with Gasteiger partial charge in [0.25, 0.3) is 0 Å². The number of morpholine rings is 1.